The van der Waals surface area contributed by atoms with Crippen LogP contribution in [0.4, 0.5) is 26.9 Å². The zero-order valence-corrected chi connectivity index (χ0v) is 30.3. The summed E-state index contributed by atoms with van der Waals surface area (Å²) in [5.74, 6) is 1.05. The van der Waals surface area contributed by atoms with Crippen LogP contribution in [0.2, 0.25) is 0 Å². The number of rotatable bonds is 10. The lowest BCUT2D eigenvalue weighted by atomic mass is 10.00. The van der Waals surface area contributed by atoms with Gasteiger partial charge in [-0.05, 0) is 89.1 Å². The van der Waals surface area contributed by atoms with E-state index in [-0.39, 0.29) is 24.3 Å². The van der Waals surface area contributed by atoms with Crippen molar-refractivity contribution in [1.29, 1.82) is 0 Å². The molecule has 0 bridgehead atoms. The summed E-state index contributed by atoms with van der Waals surface area (Å²) in [5, 5.41) is 6.39. The molecule has 50 heavy (non-hydrogen) atoms. The molecule has 3 aliphatic heterocycles. The van der Waals surface area contributed by atoms with E-state index in [0.717, 1.165) is 73.9 Å². The highest BCUT2D eigenvalue weighted by atomic mass is 16.6. The smallest absolute Gasteiger partial charge is 0.410 e. The van der Waals surface area contributed by atoms with E-state index in [4.69, 9.17) is 14.5 Å². The summed E-state index contributed by atoms with van der Waals surface area (Å²) in [5.41, 5.74) is 5.64. The molecule has 3 aliphatic rings. The monoisotopic (exact) mass is 684 g/mol. The third-order valence-corrected chi connectivity index (χ3v) is 9.31. The molecular formula is C38H52N8O4. The van der Waals surface area contributed by atoms with Crippen LogP contribution in [0.5, 0.6) is 0 Å². The first-order chi connectivity index (χ1) is 23.9. The van der Waals surface area contributed by atoms with Gasteiger partial charge in [-0.3, -0.25) is 4.90 Å². The summed E-state index contributed by atoms with van der Waals surface area (Å²) in [7, 11) is 0. The number of likely N-dealkylation sites (tertiary alicyclic amines) is 2. The van der Waals surface area contributed by atoms with Gasteiger partial charge in [-0.25, -0.2) is 19.6 Å². The number of aryl methyl sites for hydroxylation is 1. The zero-order valence-electron chi connectivity index (χ0n) is 30.3. The molecule has 1 aromatic heterocycles. The van der Waals surface area contributed by atoms with Crippen LogP contribution in [0.25, 0.3) is 11.3 Å². The van der Waals surface area contributed by atoms with Crippen LogP contribution in [0.15, 0.2) is 54.7 Å². The highest BCUT2D eigenvalue weighted by Crippen LogP contribution is 2.26. The van der Waals surface area contributed by atoms with Gasteiger partial charge in [0.05, 0.1) is 31.0 Å². The number of hydrogen-bond donors (Lipinski definition) is 2. The van der Waals surface area contributed by atoms with E-state index in [1.54, 1.807) is 16.0 Å². The van der Waals surface area contributed by atoms with Gasteiger partial charge in [0.25, 0.3) is 0 Å². The molecule has 3 fully saturated rings. The summed E-state index contributed by atoms with van der Waals surface area (Å²) in [6.07, 6.45) is 1.87. The second-order valence-corrected chi connectivity index (χ2v) is 15.0. The predicted octanol–water partition coefficient (Wildman–Crippen LogP) is 5.50. The molecule has 0 spiro atoms. The lowest BCUT2D eigenvalue weighted by molar-refractivity contribution is -0.0641. The van der Waals surface area contributed by atoms with Crippen LogP contribution in [-0.4, -0.2) is 114 Å². The second-order valence-electron chi connectivity index (χ2n) is 15.0. The molecule has 2 N–H and O–H groups in total. The number of anilines is 3. The molecule has 0 saturated carbocycles. The Labute approximate surface area is 296 Å². The Morgan fingerprint density at radius 1 is 0.940 bits per heavy atom. The van der Waals surface area contributed by atoms with Gasteiger partial charge in [0.2, 0.25) is 5.95 Å². The first-order valence-corrected chi connectivity index (χ1v) is 17.8. The summed E-state index contributed by atoms with van der Waals surface area (Å²) in [4.78, 5) is 42.5. The number of piperazine rings is 1. The van der Waals surface area contributed by atoms with Crippen molar-refractivity contribution in [3.63, 3.8) is 0 Å². The Bertz CT molecular complexity index is 1620. The molecule has 3 saturated heterocycles. The SMILES string of the molecule is Cc1cc(-c2ccnc(Nc3ccc(N4CCN(CC5CN(C(=O)OC(C)(C)C)C5)CC4)cc3)n2)ccc1CNC(=O)N1CC(OC(C)C)C1. The largest absolute Gasteiger partial charge is 0.444 e. The van der Waals surface area contributed by atoms with E-state index >= 15 is 0 Å². The van der Waals surface area contributed by atoms with Crippen LogP contribution in [0.1, 0.15) is 45.7 Å². The molecule has 0 unspecified atom stereocenters. The number of urea groups is 1. The van der Waals surface area contributed by atoms with Crippen LogP contribution < -0.4 is 15.5 Å². The van der Waals surface area contributed by atoms with Crippen LogP contribution in [0, 0.1) is 12.8 Å². The number of nitrogens with zero attached hydrogens (tertiary/aromatic N) is 6. The summed E-state index contributed by atoms with van der Waals surface area (Å²) < 4.78 is 11.2. The number of amides is 3. The highest BCUT2D eigenvalue weighted by molar-refractivity contribution is 5.75. The fourth-order valence-electron chi connectivity index (χ4n) is 6.59. The normalized spacial score (nSPS) is 17.4. The van der Waals surface area contributed by atoms with Gasteiger partial charge in [-0.2, -0.15) is 0 Å². The van der Waals surface area contributed by atoms with Crippen molar-refractivity contribution in [2.24, 2.45) is 5.92 Å². The Morgan fingerprint density at radius 2 is 1.66 bits per heavy atom. The molecule has 3 aromatic rings. The Hall–Kier alpha value is -4.42. The third kappa shape index (κ3) is 9.22. The maximum absolute atomic E-state index is 12.5. The molecule has 2 aromatic carbocycles. The molecular weight excluding hydrogens is 632 g/mol. The number of carbonyl (C=O) groups is 2. The van der Waals surface area contributed by atoms with E-state index in [0.29, 0.717) is 31.5 Å². The maximum atomic E-state index is 12.5. The molecule has 3 amide bonds. The van der Waals surface area contributed by atoms with Gasteiger partial charge < -0.3 is 34.8 Å². The van der Waals surface area contributed by atoms with Crippen molar-refractivity contribution in [3.05, 3.63) is 65.9 Å². The number of benzene rings is 2. The van der Waals surface area contributed by atoms with Crippen molar-refractivity contribution in [1.82, 2.24) is 30.0 Å². The second kappa shape index (κ2) is 15.2. The van der Waals surface area contributed by atoms with E-state index in [9.17, 15) is 9.59 Å². The van der Waals surface area contributed by atoms with Gasteiger partial charge in [0.1, 0.15) is 5.60 Å². The fourth-order valence-corrected chi connectivity index (χ4v) is 6.59. The molecule has 0 atom stereocenters. The van der Waals surface area contributed by atoms with E-state index in [2.05, 4.69) is 62.7 Å². The van der Waals surface area contributed by atoms with Gasteiger partial charge in [-0.1, -0.05) is 12.1 Å². The summed E-state index contributed by atoms with van der Waals surface area (Å²) in [6, 6.07) is 16.5. The lowest BCUT2D eigenvalue weighted by Crippen LogP contribution is -2.58. The van der Waals surface area contributed by atoms with Gasteiger partial charge in [0.15, 0.2) is 0 Å². The first-order valence-electron chi connectivity index (χ1n) is 17.8. The molecule has 0 radical (unpaired) electrons. The third-order valence-electron chi connectivity index (χ3n) is 9.31. The topological polar surface area (TPSA) is 115 Å². The minimum Gasteiger partial charge on any atom is -0.444 e. The zero-order chi connectivity index (χ0) is 35.4. The van der Waals surface area contributed by atoms with Gasteiger partial charge in [-0.15, -0.1) is 0 Å². The molecule has 6 rings (SSSR count). The van der Waals surface area contributed by atoms with Crippen molar-refractivity contribution in [2.45, 2.75) is 65.9 Å². The van der Waals surface area contributed by atoms with Crippen LogP contribution in [-0.2, 0) is 16.0 Å². The molecule has 0 aliphatic carbocycles. The quantitative estimate of drug-likeness (QED) is 0.286. The lowest BCUT2D eigenvalue weighted by Gasteiger charge is -2.44. The van der Waals surface area contributed by atoms with E-state index < -0.39 is 5.60 Å². The van der Waals surface area contributed by atoms with E-state index in [1.165, 1.54) is 5.69 Å². The fraction of sp³-hybridized carbons (Fsp3) is 0.526. The van der Waals surface area contributed by atoms with Crippen molar-refractivity contribution < 1.29 is 19.1 Å². The molecule has 12 nitrogen and oxygen atoms in total. The average molecular weight is 685 g/mol. The molecule has 268 valence electrons. The Morgan fingerprint density at radius 3 is 2.32 bits per heavy atom. The number of nitrogens with one attached hydrogen (secondary N) is 2. The Balaban J connectivity index is 0.944. The first kappa shape index (κ1) is 35.4. The van der Waals surface area contributed by atoms with Crippen LogP contribution in [0.3, 0.4) is 0 Å². The van der Waals surface area contributed by atoms with Crippen molar-refractivity contribution in [3.8, 4) is 11.3 Å². The van der Waals surface area contributed by atoms with Crippen molar-refractivity contribution in [2.75, 3.05) is 69.1 Å². The highest BCUT2D eigenvalue weighted by Gasteiger charge is 2.35. The number of carbonyl (C=O) groups excluding carboxylic acids is 2. The summed E-state index contributed by atoms with van der Waals surface area (Å²) >= 11 is 0. The predicted molar refractivity (Wildman–Crippen MR) is 196 cm³/mol. The molecule has 12 heteroatoms. The average Bonchev–Trinajstić information content (AvgIpc) is 3.03. The standard InChI is InChI=1S/C38H52N8O4/c1-26(2)49-33-24-45(25-33)36(47)40-20-30-8-7-29(19-27(30)3)34-13-14-39-35(42-34)41-31-9-11-32(12-10-31)44-17-15-43(16-18-44)21-28-22-46(23-28)37(48)50-38(4,5)6/h7-14,19,26,28,33H,15-18,20-25H2,1-6H3,(H,40,47)(H,39,41,42). The van der Waals surface area contributed by atoms with Crippen LogP contribution >= 0.6 is 0 Å². The van der Waals surface area contributed by atoms with Crippen molar-refractivity contribution >= 4 is 29.4 Å². The number of aromatic nitrogens is 2. The number of ether oxygens (including phenoxy) is 2. The van der Waals surface area contributed by atoms with Gasteiger partial charge >= 0.3 is 12.1 Å². The maximum Gasteiger partial charge on any atom is 0.410 e. The minimum atomic E-state index is -0.453. The number of hydrogen-bond acceptors (Lipinski definition) is 9. The van der Waals surface area contributed by atoms with Gasteiger partial charge in [0, 0.05) is 81.4 Å². The Kier molecular flexibility index (Phi) is 10.8. The van der Waals surface area contributed by atoms with E-state index in [1.807, 2.05) is 52.8 Å². The minimum absolute atomic E-state index is 0.0609. The molecule has 4 heterocycles. The summed E-state index contributed by atoms with van der Waals surface area (Å²) in [6.45, 7) is 20.1.